The molecule has 0 spiro atoms. The first kappa shape index (κ1) is 33.8. The number of aliphatic hydroxyl groups is 1. The van der Waals surface area contributed by atoms with Crippen molar-refractivity contribution in [3.05, 3.63) is 12.2 Å². The van der Waals surface area contributed by atoms with E-state index in [2.05, 4.69) is 31.3 Å². The van der Waals surface area contributed by atoms with Gasteiger partial charge in [0.1, 0.15) is 12.7 Å². The fraction of sp³-hybridized carbons (Fsp3) is 0.840. The summed E-state index contributed by atoms with van der Waals surface area (Å²) in [5, 5.41) is 12.4. The summed E-state index contributed by atoms with van der Waals surface area (Å²) in [4.78, 5) is 33.0. The number of unbranched alkanes of at least 4 members (excludes halogenated alkanes) is 9. The van der Waals surface area contributed by atoms with Crippen LogP contribution >= 0.6 is 7.82 Å². The largest absolute Gasteiger partial charge is 0.472 e. The van der Waals surface area contributed by atoms with Crippen LogP contribution in [0, 0.1) is 0 Å². The molecule has 0 saturated carbocycles. The Bertz CT molecular complexity index is 614. The molecule has 0 fully saturated rings. The molecular weight excluding hydrogens is 473 g/mol. The molecule has 0 aromatic heterocycles. The van der Waals surface area contributed by atoms with Crippen molar-refractivity contribution in [3.63, 3.8) is 0 Å². The van der Waals surface area contributed by atoms with Gasteiger partial charge in [0.25, 0.3) is 0 Å². The Morgan fingerprint density at radius 2 is 1.51 bits per heavy atom. The predicted molar refractivity (Wildman–Crippen MR) is 137 cm³/mol. The molecule has 0 rings (SSSR count). The molecule has 0 aromatic rings. The van der Waals surface area contributed by atoms with Gasteiger partial charge in [-0.05, 0) is 32.1 Å². The van der Waals surface area contributed by atoms with E-state index < -0.39 is 26.5 Å². The first-order valence-corrected chi connectivity index (χ1v) is 14.7. The minimum Gasteiger partial charge on any atom is -0.463 e. The minimum absolute atomic E-state index is 0.0801. The molecule has 0 aliphatic heterocycles. The summed E-state index contributed by atoms with van der Waals surface area (Å²) in [6.45, 7) is 3.30. The lowest BCUT2D eigenvalue weighted by Gasteiger charge is -2.15. The quantitative estimate of drug-likeness (QED) is 0.0684. The molecule has 35 heavy (non-hydrogen) atoms. The van der Waals surface area contributed by atoms with Crippen molar-refractivity contribution in [1.82, 2.24) is 5.32 Å². The SMILES string of the molecule is CCC/C=C\CCCCCCCC(=O)OCC(O)COP(=O)(O)OCCNC(=O)CCCCCC. The Kier molecular flexibility index (Phi) is 22.3. The molecule has 2 atom stereocenters. The number of aliphatic hydroxyl groups excluding tert-OH is 1. The third-order valence-electron chi connectivity index (χ3n) is 5.18. The number of nitrogens with one attached hydrogen (secondary N) is 1. The van der Waals surface area contributed by atoms with E-state index in [0.29, 0.717) is 6.42 Å². The summed E-state index contributed by atoms with van der Waals surface area (Å²) in [5.41, 5.74) is 0. The molecule has 9 nitrogen and oxygen atoms in total. The number of esters is 1. The Morgan fingerprint density at radius 3 is 2.26 bits per heavy atom. The van der Waals surface area contributed by atoms with Crippen LogP contribution in [0.5, 0.6) is 0 Å². The Hall–Kier alpha value is -1.25. The standard InChI is InChI=1S/C25H48NO8P/c1-3-5-7-9-10-11-12-13-14-16-18-25(29)32-21-23(27)22-34-35(30,31)33-20-19-26-24(28)17-15-8-6-4-2/h7,9,23,27H,3-6,8,10-22H2,1-2H3,(H,26,28)(H,30,31)/b9-7-. The van der Waals surface area contributed by atoms with Gasteiger partial charge in [-0.2, -0.15) is 0 Å². The van der Waals surface area contributed by atoms with E-state index >= 15 is 0 Å². The molecule has 206 valence electrons. The molecule has 2 unspecified atom stereocenters. The first-order valence-electron chi connectivity index (χ1n) is 13.2. The second kappa shape index (κ2) is 23.2. The fourth-order valence-electron chi connectivity index (χ4n) is 3.14. The lowest BCUT2D eigenvalue weighted by molar-refractivity contribution is -0.147. The van der Waals surface area contributed by atoms with Crippen LogP contribution < -0.4 is 5.32 Å². The molecule has 0 aliphatic carbocycles. The maximum Gasteiger partial charge on any atom is 0.472 e. The third kappa shape index (κ3) is 24.2. The van der Waals surface area contributed by atoms with Gasteiger partial charge >= 0.3 is 13.8 Å². The van der Waals surface area contributed by atoms with Crippen LogP contribution in [0.15, 0.2) is 12.2 Å². The number of phosphoric ester groups is 1. The van der Waals surface area contributed by atoms with Crippen LogP contribution in [-0.2, 0) is 27.9 Å². The zero-order valence-corrected chi connectivity index (χ0v) is 22.6. The lowest BCUT2D eigenvalue weighted by atomic mass is 10.1. The van der Waals surface area contributed by atoms with Gasteiger partial charge < -0.3 is 20.1 Å². The summed E-state index contributed by atoms with van der Waals surface area (Å²) in [7, 11) is -4.38. The predicted octanol–water partition coefficient (Wildman–Crippen LogP) is 5.20. The van der Waals surface area contributed by atoms with Crippen molar-refractivity contribution < 1.29 is 37.9 Å². The lowest BCUT2D eigenvalue weighted by Crippen LogP contribution is -2.27. The van der Waals surface area contributed by atoms with E-state index in [1.54, 1.807) is 0 Å². The van der Waals surface area contributed by atoms with Crippen LogP contribution in [0.25, 0.3) is 0 Å². The van der Waals surface area contributed by atoms with Gasteiger partial charge in [-0.3, -0.25) is 18.6 Å². The average Bonchev–Trinajstić information content (AvgIpc) is 2.83. The van der Waals surface area contributed by atoms with Gasteiger partial charge in [0.15, 0.2) is 0 Å². The minimum atomic E-state index is -4.38. The van der Waals surface area contributed by atoms with Crippen molar-refractivity contribution in [2.45, 2.75) is 110 Å². The molecule has 10 heteroatoms. The number of hydrogen-bond acceptors (Lipinski definition) is 7. The summed E-state index contributed by atoms with van der Waals surface area (Å²) in [6.07, 6.45) is 16.3. The summed E-state index contributed by atoms with van der Waals surface area (Å²) < 4.78 is 26.3. The molecule has 0 saturated heterocycles. The molecule has 0 bridgehead atoms. The molecule has 0 aliphatic rings. The van der Waals surface area contributed by atoms with E-state index in [1.807, 2.05) is 0 Å². The number of allylic oxidation sites excluding steroid dienone is 2. The fourth-order valence-corrected chi connectivity index (χ4v) is 3.90. The van der Waals surface area contributed by atoms with Gasteiger partial charge in [-0.15, -0.1) is 0 Å². The molecule has 0 heterocycles. The average molecular weight is 522 g/mol. The van der Waals surface area contributed by atoms with Gasteiger partial charge in [-0.1, -0.05) is 70.9 Å². The molecular formula is C25H48NO8P. The third-order valence-corrected chi connectivity index (χ3v) is 6.16. The van der Waals surface area contributed by atoms with Crippen LogP contribution in [0.1, 0.15) is 104 Å². The number of hydrogen-bond donors (Lipinski definition) is 3. The molecule has 3 N–H and O–H groups in total. The highest BCUT2D eigenvalue weighted by atomic mass is 31.2. The van der Waals surface area contributed by atoms with Gasteiger partial charge in [0.05, 0.1) is 13.2 Å². The first-order chi connectivity index (χ1) is 16.8. The van der Waals surface area contributed by atoms with Crippen molar-refractivity contribution in [2.24, 2.45) is 0 Å². The number of phosphoric acid groups is 1. The van der Waals surface area contributed by atoms with E-state index in [4.69, 9.17) is 13.8 Å². The second-order valence-electron chi connectivity index (χ2n) is 8.66. The van der Waals surface area contributed by atoms with Crippen molar-refractivity contribution in [2.75, 3.05) is 26.4 Å². The van der Waals surface area contributed by atoms with Gasteiger partial charge in [-0.25, -0.2) is 4.57 Å². The van der Waals surface area contributed by atoms with E-state index in [-0.39, 0.29) is 32.1 Å². The van der Waals surface area contributed by atoms with Crippen LogP contribution in [0.2, 0.25) is 0 Å². The van der Waals surface area contributed by atoms with Crippen molar-refractivity contribution >= 4 is 19.7 Å². The van der Waals surface area contributed by atoms with Gasteiger partial charge in [0.2, 0.25) is 5.91 Å². The molecule has 1 amide bonds. The van der Waals surface area contributed by atoms with Gasteiger partial charge in [0, 0.05) is 19.4 Å². The summed E-state index contributed by atoms with van der Waals surface area (Å²) in [5.74, 6) is -0.550. The molecule has 0 radical (unpaired) electrons. The van der Waals surface area contributed by atoms with E-state index in [9.17, 15) is 24.2 Å². The normalized spacial score (nSPS) is 14.1. The number of amides is 1. The zero-order chi connectivity index (χ0) is 26.2. The zero-order valence-electron chi connectivity index (χ0n) is 21.8. The van der Waals surface area contributed by atoms with Crippen LogP contribution in [0.4, 0.5) is 0 Å². The second-order valence-corrected chi connectivity index (χ2v) is 10.1. The highest BCUT2D eigenvalue weighted by Gasteiger charge is 2.23. The summed E-state index contributed by atoms with van der Waals surface area (Å²) in [6, 6.07) is 0. The number of carbonyl (C=O) groups excluding carboxylic acids is 2. The smallest absolute Gasteiger partial charge is 0.463 e. The van der Waals surface area contributed by atoms with Crippen molar-refractivity contribution in [1.29, 1.82) is 0 Å². The van der Waals surface area contributed by atoms with E-state index in [0.717, 1.165) is 70.6 Å². The maximum absolute atomic E-state index is 11.8. The Morgan fingerprint density at radius 1 is 0.857 bits per heavy atom. The summed E-state index contributed by atoms with van der Waals surface area (Å²) >= 11 is 0. The van der Waals surface area contributed by atoms with Crippen molar-refractivity contribution in [3.8, 4) is 0 Å². The number of rotatable bonds is 24. The highest BCUT2D eigenvalue weighted by molar-refractivity contribution is 7.47. The highest BCUT2D eigenvalue weighted by Crippen LogP contribution is 2.42. The van der Waals surface area contributed by atoms with Crippen LogP contribution in [-0.4, -0.2) is 54.3 Å². The van der Waals surface area contributed by atoms with E-state index in [1.165, 1.54) is 6.42 Å². The topological polar surface area (TPSA) is 131 Å². The number of carbonyl (C=O) groups is 2. The van der Waals surface area contributed by atoms with Crippen LogP contribution in [0.3, 0.4) is 0 Å². The molecule has 0 aromatic carbocycles. The Labute approximate surface area is 211 Å². The number of ether oxygens (including phenoxy) is 1. The Balaban J connectivity index is 3.72. The monoisotopic (exact) mass is 521 g/mol. The maximum atomic E-state index is 11.8.